The molecule has 1 unspecified atom stereocenters. The summed E-state index contributed by atoms with van der Waals surface area (Å²) in [4.78, 5) is 4.93. The van der Waals surface area contributed by atoms with Gasteiger partial charge in [0, 0.05) is 30.1 Å². The molecule has 1 atom stereocenters. The van der Waals surface area contributed by atoms with Crippen molar-refractivity contribution in [2.75, 3.05) is 34.2 Å². The molecule has 0 aromatic heterocycles. The molecule has 1 aliphatic rings. The van der Waals surface area contributed by atoms with Crippen LogP contribution in [0.5, 0.6) is 0 Å². The van der Waals surface area contributed by atoms with Gasteiger partial charge < -0.3 is 10.2 Å². The first-order valence-electron chi connectivity index (χ1n) is 7.41. The molecule has 2 rings (SSSR count). The quantitative estimate of drug-likeness (QED) is 0.889. The van der Waals surface area contributed by atoms with Gasteiger partial charge in [0.05, 0.1) is 0 Å². The van der Waals surface area contributed by atoms with Crippen molar-refractivity contribution in [1.82, 2.24) is 15.1 Å². The highest BCUT2D eigenvalue weighted by Crippen LogP contribution is 2.23. The second kappa shape index (κ2) is 7.55. The number of nitrogens with one attached hydrogen (secondary N) is 1. The highest BCUT2D eigenvalue weighted by Gasteiger charge is 2.21. The molecule has 112 valence electrons. The molecule has 0 amide bonds. The van der Waals surface area contributed by atoms with Crippen molar-refractivity contribution < 1.29 is 0 Å². The summed E-state index contributed by atoms with van der Waals surface area (Å²) in [5.74, 6) is 0. The molecule has 1 fully saturated rings. The number of benzene rings is 1. The lowest BCUT2D eigenvalue weighted by atomic mass is 10.0. The van der Waals surface area contributed by atoms with Crippen LogP contribution in [0.25, 0.3) is 0 Å². The Morgan fingerprint density at radius 1 is 1.40 bits per heavy atom. The Morgan fingerprint density at radius 2 is 2.20 bits per heavy atom. The number of rotatable bonds is 5. The van der Waals surface area contributed by atoms with E-state index in [4.69, 9.17) is 0 Å². The normalized spacial score (nSPS) is 20.6. The van der Waals surface area contributed by atoms with E-state index in [1.807, 2.05) is 7.05 Å². The van der Waals surface area contributed by atoms with Gasteiger partial charge in [0.25, 0.3) is 0 Å². The summed E-state index contributed by atoms with van der Waals surface area (Å²) in [5.41, 5.74) is 2.72. The van der Waals surface area contributed by atoms with Crippen LogP contribution in [0, 0.1) is 0 Å². The Kier molecular flexibility index (Phi) is 6.02. The molecule has 1 N–H and O–H groups in total. The fourth-order valence-corrected chi connectivity index (χ4v) is 3.42. The summed E-state index contributed by atoms with van der Waals surface area (Å²) in [5, 5.41) is 3.19. The molecule has 1 aliphatic heterocycles. The number of piperidine rings is 1. The Morgan fingerprint density at radius 3 is 2.85 bits per heavy atom. The smallest absolute Gasteiger partial charge is 0.0245 e. The minimum Gasteiger partial charge on any atom is -0.316 e. The summed E-state index contributed by atoms with van der Waals surface area (Å²) >= 11 is 3.72. The molecule has 4 heteroatoms. The van der Waals surface area contributed by atoms with Crippen LogP contribution in [-0.2, 0) is 13.1 Å². The highest BCUT2D eigenvalue weighted by atomic mass is 79.9. The minimum absolute atomic E-state index is 0.700. The highest BCUT2D eigenvalue weighted by molar-refractivity contribution is 9.10. The number of halogens is 1. The third kappa shape index (κ3) is 4.29. The van der Waals surface area contributed by atoms with Crippen molar-refractivity contribution >= 4 is 15.9 Å². The second-order valence-corrected chi connectivity index (χ2v) is 6.81. The van der Waals surface area contributed by atoms with Crippen LogP contribution in [0.2, 0.25) is 0 Å². The SMILES string of the molecule is CNCc1ccc(CN2CCCC(N(C)C)C2)c(Br)c1. The van der Waals surface area contributed by atoms with Crippen molar-refractivity contribution in [2.24, 2.45) is 0 Å². The van der Waals surface area contributed by atoms with E-state index in [2.05, 4.69) is 63.3 Å². The molecule has 1 aromatic carbocycles. The summed E-state index contributed by atoms with van der Waals surface area (Å²) < 4.78 is 1.23. The van der Waals surface area contributed by atoms with Crippen molar-refractivity contribution in [3.8, 4) is 0 Å². The average Bonchev–Trinajstić information content (AvgIpc) is 2.42. The van der Waals surface area contributed by atoms with Gasteiger partial charge in [-0.3, -0.25) is 4.90 Å². The largest absolute Gasteiger partial charge is 0.316 e. The molecule has 0 spiro atoms. The maximum atomic E-state index is 3.72. The van der Waals surface area contributed by atoms with Crippen LogP contribution in [-0.4, -0.2) is 50.1 Å². The number of likely N-dealkylation sites (tertiary alicyclic amines) is 1. The standard InChI is InChI=1S/C16H26BrN3/c1-18-10-13-6-7-14(16(17)9-13)11-20-8-4-5-15(12-20)19(2)3/h6-7,9,15,18H,4-5,8,10-12H2,1-3H3. The topological polar surface area (TPSA) is 18.5 Å². The Hall–Kier alpha value is -0.420. The van der Waals surface area contributed by atoms with E-state index < -0.39 is 0 Å². The van der Waals surface area contributed by atoms with Gasteiger partial charge in [-0.15, -0.1) is 0 Å². The Labute approximate surface area is 131 Å². The minimum atomic E-state index is 0.700. The molecule has 1 saturated heterocycles. The van der Waals surface area contributed by atoms with Crippen LogP contribution in [0.3, 0.4) is 0 Å². The van der Waals surface area contributed by atoms with E-state index in [1.165, 1.54) is 41.5 Å². The molecule has 0 saturated carbocycles. The first-order valence-corrected chi connectivity index (χ1v) is 8.20. The van der Waals surface area contributed by atoms with Gasteiger partial charge in [-0.2, -0.15) is 0 Å². The van der Waals surface area contributed by atoms with Gasteiger partial charge in [-0.05, 0) is 57.7 Å². The van der Waals surface area contributed by atoms with E-state index in [9.17, 15) is 0 Å². The third-order valence-electron chi connectivity index (χ3n) is 4.10. The van der Waals surface area contributed by atoms with Crippen LogP contribution < -0.4 is 5.32 Å². The Balaban J connectivity index is 1.99. The molecule has 0 aliphatic carbocycles. The molecule has 1 aromatic rings. The van der Waals surface area contributed by atoms with Crippen molar-refractivity contribution in [2.45, 2.75) is 32.0 Å². The van der Waals surface area contributed by atoms with Crippen LogP contribution in [0.1, 0.15) is 24.0 Å². The lowest BCUT2D eigenvalue weighted by Gasteiger charge is -2.36. The first-order chi connectivity index (χ1) is 9.60. The van der Waals surface area contributed by atoms with Gasteiger partial charge in [-0.1, -0.05) is 28.1 Å². The molecule has 1 heterocycles. The van der Waals surface area contributed by atoms with Crippen molar-refractivity contribution in [3.63, 3.8) is 0 Å². The second-order valence-electron chi connectivity index (χ2n) is 5.95. The average molecular weight is 340 g/mol. The zero-order valence-corrected chi connectivity index (χ0v) is 14.4. The lowest BCUT2D eigenvalue weighted by molar-refractivity contribution is 0.128. The maximum Gasteiger partial charge on any atom is 0.0245 e. The number of likely N-dealkylation sites (N-methyl/N-ethyl adjacent to an activating group) is 1. The summed E-state index contributed by atoms with van der Waals surface area (Å²) in [6, 6.07) is 7.42. The predicted octanol–water partition coefficient (Wildman–Crippen LogP) is 2.69. The molecule has 0 bridgehead atoms. The van der Waals surface area contributed by atoms with Crippen LogP contribution >= 0.6 is 15.9 Å². The van der Waals surface area contributed by atoms with Crippen LogP contribution in [0.15, 0.2) is 22.7 Å². The summed E-state index contributed by atoms with van der Waals surface area (Å²) in [7, 11) is 6.37. The molecular formula is C16H26BrN3. The van der Waals surface area contributed by atoms with E-state index in [-0.39, 0.29) is 0 Å². The molecule has 3 nitrogen and oxygen atoms in total. The fraction of sp³-hybridized carbons (Fsp3) is 0.625. The van der Waals surface area contributed by atoms with Gasteiger partial charge in [0.2, 0.25) is 0 Å². The monoisotopic (exact) mass is 339 g/mol. The maximum absolute atomic E-state index is 3.72. The van der Waals surface area contributed by atoms with Crippen molar-refractivity contribution in [3.05, 3.63) is 33.8 Å². The zero-order chi connectivity index (χ0) is 14.5. The zero-order valence-electron chi connectivity index (χ0n) is 12.8. The molecule has 20 heavy (non-hydrogen) atoms. The Bertz CT molecular complexity index is 434. The van der Waals surface area contributed by atoms with Gasteiger partial charge in [0.15, 0.2) is 0 Å². The van der Waals surface area contributed by atoms with Gasteiger partial charge in [0.1, 0.15) is 0 Å². The number of hydrogen-bond acceptors (Lipinski definition) is 3. The van der Waals surface area contributed by atoms with Crippen molar-refractivity contribution in [1.29, 1.82) is 0 Å². The van der Waals surface area contributed by atoms with Crippen LogP contribution in [0.4, 0.5) is 0 Å². The van der Waals surface area contributed by atoms with E-state index >= 15 is 0 Å². The predicted molar refractivity (Wildman–Crippen MR) is 88.9 cm³/mol. The molecular weight excluding hydrogens is 314 g/mol. The summed E-state index contributed by atoms with van der Waals surface area (Å²) in [6.45, 7) is 4.36. The van der Waals surface area contributed by atoms with E-state index in [0.717, 1.165) is 13.1 Å². The van der Waals surface area contributed by atoms with E-state index in [1.54, 1.807) is 0 Å². The number of hydrogen-bond donors (Lipinski definition) is 1. The number of nitrogens with zero attached hydrogens (tertiary/aromatic N) is 2. The lowest BCUT2D eigenvalue weighted by Crippen LogP contribution is -2.44. The first kappa shape index (κ1) is 16.0. The van der Waals surface area contributed by atoms with Gasteiger partial charge >= 0.3 is 0 Å². The fourth-order valence-electron chi connectivity index (χ4n) is 2.87. The third-order valence-corrected chi connectivity index (χ3v) is 4.84. The van der Waals surface area contributed by atoms with Gasteiger partial charge in [-0.25, -0.2) is 0 Å². The molecule has 0 radical (unpaired) electrons. The van der Waals surface area contributed by atoms with E-state index in [0.29, 0.717) is 6.04 Å². The summed E-state index contributed by atoms with van der Waals surface area (Å²) in [6.07, 6.45) is 2.63.